The molecule has 0 aliphatic carbocycles. The van der Waals surface area contributed by atoms with E-state index < -0.39 is 0 Å². The molecule has 1 aliphatic heterocycles. The number of aryl methyl sites for hydroxylation is 2. The Kier molecular flexibility index (Phi) is 6.80. The number of nitrogens with zero attached hydrogens (tertiary/aromatic N) is 2. The molecule has 1 aromatic heterocycles. The summed E-state index contributed by atoms with van der Waals surface area (Å²) in [4.78, 5) is 30.7. The minimum Gasteiger partial charge on any atom is -0.352 e. The van der Waals surface area contributed by atoms with Crippen LogP contribution in [0.1, 0.15) is 37.3 Å². The Morgan fingerprint density at radius 1 is 1.25 bits per heavy atom. The van der Waals surface area contributed by atoms with Crippen molar-refractivity contribution in [2.45, 2.75) is 46.1 Å². The largest absolute Gasteiger partial charge is 0.352 e. The van der Waals surface area contributed by atoms with Gasteiger partial charge in [-0.15, -0.1) is 11.3 Å². The van der Waals surface area contributed by atoms with Gasteiger partial charge in [0.1, 0.15) is 0 Å². The summed E-state index contributed by atoms with van der Waals surface area (Å²) in [5.74, 6) is 0.00131. The monoisotopic (exact) mass is 400 g/mol. The fraction of sp³-hybridized carbons (Fsp3) is 0.476. The first-order chi connectivity index (χ1) is 13.4. The first kappa shape index (κ1) is 20.5. The molecule has 1 aliphatic rings. The highest BCUT2D eigenvalue weighted by Crippen LogP contribution is 2.26. The first-order valence-corrected chi connectivity index (χ1v) is 10.7. The van der Waals surface area contributed by atoms with Gasteiger partial charge in [-0.25, -0.2) is 4.98 Å². The number of amides is 2. The van der Waals surface area contributed by atoms with E-state index in [0.29, 0.717) is 24.6 Å². The molecule has 0 saturated carbocycles. The SMILES string of the molecule is CCC(=O)NC1CCCN(CC(=O)Nc2nc(-c3ccc(C)c(C)c3)cs2)C1. The van der Waals surface area contributed by atoms with Gasteiger partial charge < -0.3 is 10.6 Å². The lowest BCUT2D eigenvalue weighted by molar-refractivity contribution is -0.121. The van der Waals surface area contributed by atoms with Crippen molar-refractivity contribution in [2.75, 3.05) is 25.0 Å². The Morgan fingerprint density at radius 3 is 2.82 bits per heavy atom. The number of hydrogen-bond donors (Lipinski definition) is 2. The second-order valence-electron chi connectivity index (χ2n) is 7.38. The fourth-order valence-electron chi connectivity index (χ4n) is 3.37. The van der Waals surface area contributed by atoms with Gasteiger partial charge in [0.2, 0.25) is 11.8 Å². The number of carbonyl (C=O) groups is 2. The molecule has 1 aromatic carbocycles. The molecule has 150 valence electrons. The van der Waals surface area contributed by atoms with E-state index in [9.17, 15) is 9.59 Å². The lowest BCUT2D eigenvalue weighted by atomic mass is 10.1. The summed E-state index contributed by atoms with van der Waals surface area (Å²) in [5, 5.41) is 8.53. The highest BCUT2D eigenvalue weighted by atomic mass is 32.1. The predicted octanol–water partition coefficient (Wildman–Crippen LogP) is 3.36. The van der Waals surface area contributed by atoms with Crippen molar-refractivity contribution in [3.05, 3.63) is 34.7 Å². The van der Waals surface area contributed by atoms with Crippen LogP contribution in [0.15, 0.2) is 23.6 Å². The summed E-state index contributed by atoms with van der Waals surface area (Å²) in [6.07, 6.45) is 2.44. The molecule has 1 fully saturated rings. The molecule has 6 nitrogen and oxygen atoms in total. The topological polar surface area (TPSA) is 74.3 Å². The number of nitrogens with one attached hydrogen (secondary N) is 2. The van der Waals surface area contributed by atoms with Gasteiger partial charge in [-0.05, 0) is 50.4 Å². The first-order valence-electron chi connectivity index (χ1n) is 9.79. The summed E-state index contributed by atoms with van der Waals surface area (Å²) in [7, 11) is 0. The van der Waals surface area contributed by atoms with Crippen LogP contribution < -0.4 is 10.6 Å². The zero-order chi connectivity index (χ0) is 20.1. The molecule has 7 heteroatoms. The maximum absolute atomic E-state index is 12.4. The summed E-state index contributed by atoms with van der Waals surface area (Å²) in [5.41, 5.74) is 4.42. The summed E-state index contributed by atoms with van der Waals surface area (Å²) >= 11 is 1.44. The van der Waals surface area contributed by atoms with Crippen LogP contribution in [0, 0.1) is 13.8 Å². The molecule has 0 bridgehead atoms. The molecule has 3 rings (SSSR count). The minimum absolute atomic E-state index is 0.0662. The van der Waals surface area contributed by atoms with Crippen LogP contribution in [-0.2, 0) is 9.59 Å². The van der Waals surface area contributed by atoms with Crippen molar-refractivity contribution in [2.24, 2.45) is 0 Å². The van der Waals surface area contributed by atoms with Crippen LogP contribution in [-0.4, -0.2) is 47.4 Å². The highest BCUT2D eigenvalue weighted by molar-refractivity contribution is 7.14. The van der Waals surface area contributed by atoms with Crippen molar-refractivity contribution in [3.63, 3.8) is 0 Å². The van der Waals surface area contributed by atoms with E-state index in [1.54, 1.807) is 0 Å². The molecule has 2 amide bonds. The maximum Gasteiger partial charge on any atom is 0.240 e. The van der Waals surface area contributed by atoms with E-state index in [2.05, 4.69) is 52.6 Å². The van der Waals surface area contributed by atoms with Gasteiger partial charge in [0.25, 0.3) is 0 Å². The zero-order valence-electron chi connectivity index (χ0n) is 16.7. The number of rotatable bonds is 6. The minimum atomic E-state index is -0.0662. The van der Waals surface area contributed by atoms with Gasteiger partial charge in [0.15, 0.2) is 5.13 Å². The van der Waals surface area contributed by atoms with E-state index >= 15 is 0 Å². The van der Waals surface area contributed by atoms with Crippen molar-refractivity contribution in [1.29, 1.82) is 0 Å². The number of likely N-dealkylation sites (tertiary alicyclic amines) is 1. The van der Waals surface area contributed by atoms with E-state index in [-0.39, 0.29) is 17.9 Å². The molecule has 1 atom stereocenters. The number of aromatic nitrogens is 1. The predicted molar refractivity (Wildman–Crippen MR) is 114 cm³/mol. The van der Waals surface area contributed by atoms with Gasteiger partial charge in [-0.1, -0.05) is 19.1 Å². The van der Waals surface area contributed by atoms with Gasteiger partial charge in [0, 0.05) is 30.0 Å². The molecule has 28 heavy (non-hydrogen) atoms. The Morgan fingerprint density at radius 2 is 2.07 bits per heavy atom. The summed E-state index contributed by atoms with van der Waals surface area (Å²) < 4.78 is 0. The third-order valence-electron chi connectivity index (χ3n) is 5.11. The Hall–Kier alpha value is -2.25. The van der Waals surface area contributed by atoms with E-state index in [1.807, 2.05) is 12.3 Å². The second kappa shape index (κ2) is 9.30. The number of carbonyl (C=O) groups excluding carboxylic acids is 2. The molecular weight excluding hydrogens is 372 g/mol. The standard InChI is InChI=1S/C21H28N4O2S/c1-4-19(26)22-17-6-5-9-25(11-17)12-20(27)24-21-23-18(13-28-21)16-8-7-14(2)15(3)10-16/h7-8,10,13,17H,4-6,9,11-12H2,1-3H3,(H,22,26)(H,23,24,27). The third kappa shape index (κ3) is 5.39. The van der Waals surface area contributed by atoms with Crippen LogP contribution in [0.5, 0.6) is 0 Å². The van der Waals surface area contributed by atoms with Crippen LogP contribution in [0.4, 0.5) is 5.13 Å². The second-order valence-corrected chi connectivity index (χ2v) is 8.24. The van der Waals surface area contributed by atoms with Crippen molar-refractivity contribution >= 4 is 28.3 Å². The molecular formula is C21H28N4O2S. The van der Waals surface area contributed by atoms with Crippen molar-refractivity contribution in [3.8, 4) is 11.3 Å². The quantitative estimate of drug-likeness (QED) is 0.780. The molecule has 1 saturated heterocycles. The van der Waals surface area contributed by atoms with Gasteiger partial charge in [0.05, 0.1) is 12.2 Å². The van der Waals surface area contributed by atoms with Gasteiger partial charge >= 0.3 is 0 Å². The average Bonchev–Trinajstić information content (AvgIpc) is 3.12. The van der Waals surface area contributed by atoms with E-state index in [4.69, 9.17) is 0 Å². The Labute approximate surface area is 170 Å². The summed E-state index contributed by atoms with van der Waals surface area (Å²) in [6, 6.07) is 6.40. The number of anilines is 1. The molecule has 2 N–H and O–H groups in total. The molecule has 2 aromatic rings. The fourth-order valence-corrected chi connectivity index (χ4v) is 4.11. The zero-order valence-corrected chi connectivity index (χ0v) is 17.6. The normalized spacial score (nSPS) is 17.3. The molecule has 0 radical (unpaired) electrons. The van der Waals surface area contributed by atoms with E-state index in [1.165, 1.54) is 22.5 Å². The number of hydrogen-bond acceptors (Lipinski definition) is 5. The van der Waals surface area contributed by atoms with Gasteiger partial charge in [-0.3, -0.25) is 14.5 Å². The lowest BCUT2D eigenvalue weighted by Crippen LogP contribution is -2.49. The molecule has 2 heterocycles. The smallest absolute Gasteiger partial charge is 0.240 e. The molecule has 1 unspecified atom stereocenters. The maximum atomic E-state index is 12.4. The van der Waals surface area contributed by atoms with Gasteiger partial charge in [-0.2, -0.15) is 0 Å². The number of benzene rings is 1. The van der Waals surface area contributed by atoms with Crippen molar-refractivity contribution in [1.82, 2.24) is 15.2 Å². The van der Waals surface area contributed by atoms with Crippen molar-refractivity contribution < 1.29 is 9.59 Å². The van der Waals surface area contributed by atoms with Crippen LogP contribution in [0.2, 0.25) is 0 Å². The summed E-state index contributed by atoms with van der Waals surface area (Å²) in [6.45, 7) is 7.93. The third-order valence-corrected chi connectivity index (χ3v) is 5.87. The van der Waals surface area contributed by atoms with Crippen LogP contribution >= 0.6 is 11.3 Å². The Bertz CT molecular complexity index is 849. The molecule has 0 spiro atoms. The number of piperidine rings is 1. The number of thiazole rings is 1. The highest BCUT2D eigenvalue weighted by Gasteiger charge is 2.22. The van der Waals surface area contributed by atoms with Crippen LogP contribution in [0.3, 0.4) is 0 Å². The van der Waals surface area contributed by atoms with E-state index in [0.717, 1.165) is 30.6 Å². The van der Waals surface area contributed by atoms with Crippen LogP contribution in [0.25, 0.3) is 11.3 Å². The average molecular weight is 401 g/mol. The Balaban J connectivity index is 1.54. The lowest BCUT2D eigenvalue weighted by Gasteiger charge is -2.32.